The molecule has 2 heterocycles. The van der Waals surface area contributed by atoms with Gasteiger partial charge >= 0.3 is 0 Å². The van der Waals surface area contributed by atoms with Crippen LogP contribution in [0.15, 0.2) is 45.6 Å². The Balaban J connectivity index is 2.10. The Morgan fingerprint density at radius 2 is 2.00 bits per heavy atom. The predicted molar refractivity (Wildman–Crippen MR) is 65.3 cm³/mol. The summed E-state index contributed by atoms with van der Waals surface area (Å²) in [5.74, 6) is 1.85. The lowest BCUT2D eigenvalue weighted by atomic mass is 10.2. The zero-order valence-electron chi connectivity index (χ0n) is 10.0. The molecule has 0 saturated carbocycles. The van der Waals surface area contributed by atoms with Crippen molar-refractivity contribution in [1.82, 2.24) is 4.90 Å². The van der Waals surface area contributed by atoms with Crippen molar-refractivity contribution in [1.29, 1.82) is 0 Å². The maximum absolute atomic E-state index is 5.84. The Morgan fingerprint density at radius 3 is 2.53 bits per heavy atom. The molecule has 0 fully saturated rings. The van der Waals surface area contributed by atoms with Crippen LogP contribution in [0.4, 0.5) is 0 Å². The largest absolute Gasteiger partial charge is 0.468 e. The summed E-state index contributed by atoms with van der Waals surface area (Å²) in [5, 5.41) is 0. The van der Waals surface area contributed by atoms with Gasteiger partial charge in [0.1, 0.15) is 11.5 Å². The van der Waals surface area contributed by atoms with E-state index in [1.54, 1.807) is 12.5 Å². The van der Waals surface area contributed by atoms with E-state index in [4.69, 9.17) is 14.6 Å². The van der Waals surface area contributed by atoms with Crippen LogP contribution in [0.2, 0.25) is 0 Å². The molecule has 0 aliphatic carbocycles. The van der Waals surface area contributed by atoms with E-state index in [-0.39, 0.29) is 6.04 Å². The first-order valence-corrected chi connectivity index (χ1v) is 5.85. The van der Waals surface area contributed by atoms with Gasteiger partial charge in [-0.2, -0.15) is 0 Å². The van der Waals surface area contributed by atoms with Crippen molar-refractivity contribution in [2.45, 2.75) is 19.5 Å². The summed E-state index contributed by atoms with van der Waals surface area (Å²) in [4.78, 5) is 2.23. The Labute approximate surface area is 101 Å². The van der Waals surface area contributed by atoms with Crippen molar-refractivity contribution < 1.29 is 8.83 Å². The summed E-state index contributed by atoms with van der Waals surface area (Å²) in [6.45, 7) is 4.27. The van der Waals surface area contributed by atoms with E-state index in [1.807, 2.05) is 24.3 Å². The van der Waals surface area contributed by atoms with E-state index >= 15 is 0 Å². The number of nitrogens with zero attached hydrogens (tertiary/aromatic N) is 1. The van der Waals surface area contributed by atoms with Gasteiger partial charge < -0.3 is 14.6 Å². The second-order valence-electron chi connectivity index (χ2n) is 3.91. The molecule has 0 saturated heterocycles. The van der Waals surface area contributed by atoms with E-state index in [1.165, 1.54) is 0 Å². The lowest BCUT2D eigenvalue weighted by molar-refractivity contribution is 0.167. The fraction of sp³-hybridized carbons (Fsp3) is 0.385. The summed E-state index contributed by atoms with van der Waals surface area (Å²) in [7, 11) is 0. The average molecular weight is 234 g/mol. The van der Waals surface area contributed by atoms with Gasteiger partial charge in [-0.1, -0.05) is 6.92 Å². The monoisotopic (exact) mass is 234 g/mol. The van der Waals surface area contributed by atoms with Crippen LogP contribution in [0.1, 0.15) is 24.5 Å². The molecule has 0 aliphatic rings. The highest BCUT2D eigenvalue weighted by molar-refractivity contribution is 5.06. The third kappa shape index (κ3) is 2.78. The Bertz CT molecular complexity index is 409. The summed E-state index contributed by atoms with van der Waals surface area (Å²) in [6.07, 6.45) is 3.37. The highest BCUT2D eigenvalue weighted by Gasteiger charge is 2.20. The molecule has 0 bridgehead atoms. The van der Waals surface area contributed by atoms with E-state index < -0.39 is 0 Å². The smallest absolute Gasteiger partial charge is 0.122 e. The van der Waals surface area contributed by atoms with Crippen LogP contribution in [0.5, 0.6) is 0 Å². The number of hydrogen-bond donors (Lipinski definition) is 1. The Kier molecular flexibility index (Phi) is 4.01. The molecular weight excluding hydrogens is 216 g/mol. The third-order valence-electron chi connectivity index (χ3n) is 2.88. The first kappa shape index (κ1) is 12.0. The second-order valence-corrected chi connectivity index (χ2v) is 3.91. The molecule has 2 N–H and O–H groups in total. The van der Waals surface area contributed by atoms with Crippen LogP contribution >= 0.6 is 0 Å². The molecule has 2 rings (SSSR count). The molecule has 0 aliphatic heterocycles. The Morgan fingerprint density at radius 1 is 1.24 bits per heavy atom. The van der Waals surface area contributed by atoms with E-state index in [0.29, 0.717) is 6.54 Å². The van der Waals surface area contributed by atoms with Crippen LogP contribution in [0.3, 0.4) is 0 Å². The molecule has 2 aromatic rings. The predicted octanol–water partition coefficient (Wildman–Crippen LogP) is 2.39. The molecule has 0 radical (unpaired) electrons. The minimum atomic E-state index is 0.0973. The average Bonchev–Trinajstić information content (AvgIpc) is 3.00. The SMILES string of the molecule is CCN(Cc1ccco1)C(CN)c1ccco1. The molecule has 92 valence electrons. The van der Waals surface area contributed by atoms with E-state index in [2.05, 4.69) is 11.8 Å². The van der Waals surface area contributed by atoms with Gasteiger partial charge in [-0.15, -0.1) is 0 Å². The lowest BCUT2D eigenvalue weighted by Crippen LogP contribution is -2.32. The maximum Gasteiger partial charge on any atom is 0.122 e. The van der Waals surface area contributed by atoms with E-state index in [0.717, 1.165) is 24.6 Å². The minimum Gasteiger partial charge on any atom is -0.468 e. The van der Waals surface area contributed by atoms with Crippen molar-refractivity contribution in [3.63, 3.8) is 0 Å². The molecule has 4 heteroatoms. The number of hydrogen-bond acceptors (Lipinski definition) is 4. The van der Waals surface area contributed by atoms with Crippen molar-refractivity contribution >= 4 is 0 Å². The minimum absolute atomic E-state index is 0.0973. The first-order valence-electron chi connectivity index (χ1n) is 5.85. The highest BCUT2D eigenvalue weighted by atomic mass is 16.3. The summed E-state index contributed by atoms with van der Waals surface area (Å²) >= 11 is 0. The molecule has 2 aromatic heterocycles. The normalized spacial score (nSPS) is 13.1. The van der Waals surface area contributed by atoms with E-state index in [9.17, 15) is 0 Å². The van der Waals surface area contributed by atoms with Gasteiger partial charge in [0.25, 0.3) is 0 Å². The molecule has 17 heavy (non-hydrogen) atoms. The summed E-state index contributed by atoms with van der Waals surface area (Å²) in [6, 6.07) is 7.81. The highest BCUT2D eigenvalue weighted by Crippen LogP contribution is 2.22. The summed E-state index contributed by atoms with van der Waals surface area (Å²) in [5.41, 5.74) is 5.84. The van der Waals surface area contributed by atoms with Gasteiger partial charge in [-0.05, 0) is 30.8 Å². The van der Waals surface area contributed by atoms with Crippen LogP contribution < -0.4 is 5.73 Å². The van der Waals surface area contributed by atoms with Crippen LogP contribution in [-0.4, -0.2) is 18.0 Å². The number of furan rings is 2. The molecule has 4 nitrogen and oxygen atoms in total. The summed E-state index contributed by atoms with van der Waals surface area (Å²) < 4.78 is 10.8. The standard InChI is InChI=1S/C13H18N2O2/c1-2-15(10-11-5-3-7-16-11)12(9-14)13-6-4-8-17-13/h3-8,12H,2,9-10,14H2,1H3. The van der Waals surface area contributed by atoms with Crippen LogP contribution in [0.25, 0.3) is 0 Å². The number of nitrogens with two attached hydrogens (primary N) is 1. The fourth-order valence-corrected chi connectivity index (χ4v) is 1.97. The van der Waals surface area contributed by atoms with Crippen molar-refractivity contribution in [2.75, 3.05) is 13.1 Å². The second kappa shape index (κ2) is 5.70. The van der Waals surface area contributed by atoms with Crippen LogP contribution in [-0.2, 0) is 6.54 Å². The molecule has 0 amide bonds. The van der Waals surface area contributed by atoms with Gasteiger partial charge in [-0.25, -0.2) is 0 Å². The molecule has 1 unspecified atom stereocenters. The molecule has 0 spiro atoms. The quantitative estimate of drug-likeness (QED) is 0.833. The number of rotatable bonds is 6. The van der Waals surface area contributed by atoms with Crippen molar-refractivity contribution in [3.8, 4) is 0 Å². The van der Waals surface area contributed by atoms with Gasteiger partial charge in [0.15, 0.2) is 0 Å². The molecule has 0 aromatic carbocycles. The van der Waals surface area contributed by atoms with Crippen molar-refractivity contribution in [2.24, 2.45) is 5.73 Å². The number of likely N-dealkylation sites (N-methyl/N-ethyl adjacent to an activating group) is 1. The van der Waals surface area contributed by atoms with Crippen molar-refractivity contribution in [3.05, 3.63) is 48.3 Å². The first-order chi connectivity index (χ1) is 8.35. The fourth-order valence-electron chi connectivity index (χ4n) is 1.97. The third-order valence-corrected chi connectivity index (χ3v) is 2.88. The van der Waals surface area contributed by atoms with Crippen LogP contribution in [0, 0.1) is 0 Å². The topological polar surface area (TPSA) is 55.5 Å². The lowest BCUT2D eigenvalue weighted by Gasteiger charge is -2.27. The molecule has 1 atom stereocenters. The van der Waals surface area contributed by atoms with Gasteiger partial charge in [0.2, 0.25) is 0 Å². The van der Waals surface area contributed by atoms with Gasteiger partial charge in [-0.3, -0.25) is 4.90 Å². The maximum atomic E-state index is 5.84. The zero-order valence-corrected chi connectivity index (χ0v) is 10.0. The van der Waals surface area contributed by atoms with Gasteiger partial charge in [0.05, 0.1) is 25.1 Å². The molecular formula is C13H18N2O2. The zero-order chi connectivity index (χ0) is 12.1. The van der Waals surface area contributed by atoms with Gasteiger partial charge in [0, 0.05) is 6.54 Å². The Hall–Kier alpha value is -1.52.